The summed E-state index contributed by atoms with van der Waals surface area (Å²) in [6, 6.07) is 0. The van der Waals surface area contributed by atoms with Crippen molar-refractivity contribution in [2.75, 3.05) is 37.6 Å². The molecule has 22 heavy (non-hydrogen) atoms. The van der Waals surface area contributed by atoms with E-state index in [1.165, 1.54) is 34.6 Å². The predicted octanol–water partition coefficient (Wildman–Crippen LogP) is 3.40. The molecule has 3 heterocycles. The third-order valence-electron chi connectivity index (χ3n) is 4.58. The Morgan fingerprint density at radius 3 is 2.41 bits per heavy atom. The van der Waals surface area contributed by atoms with Crippen molar-refractivity contribution >= 4 is 27.4 Å². The second-order valence-corrected chi connectivity index (χ2v) is 7.31. The first-order valence-electron chi connectivity index (χ1n) is 8.38. The van der Waals surface area contributed by atoms with Crippen molar-refractivity contribution < 1.29 is 0 Å². The van der Waals surface area contributed by atoms with Crippen LogP contribution in [0, 0.1) is 13.8 Å². The Morgan fingerprint density at radius 2 is 1.77 bits per heavy atom. The maximum absolute atomic E-state index is 4.89. The quantitative estimate of drug-likeness (QED) is 0.865. The van der Waals surface area contributed by atoms with Crippen LogP contribution >= 0.6 is 11.3 Å². The summed E-state index contributed by atoms with van der Waals surface area (Å²) in [5, 5.41) is 1.28. The van der Waals surface area contributed by atoms with Gasteiger partial charge in [0.2, 0.25) is 0 Å². The maximum Gasteiger partial charge on any atom is 0.141 e. The topological polar surface area (TPSA) is 32.3 Å². The lowest BCUT2D eigenvalue weighted by Crippen LogP contribution is -2.47. The molecule has 4 nitrogen and oxygen atoms in total. The summed E-state index contributed by atoms with van der Waals surface area (Å²) in [7, 11) is 0. The van der Waals surface area contributed by atoms with Crippen LogP contribution in [0.25, 0.3) is 10.2 Å². The average Bonchev–Trinajstić information content (AvgIpc) is 2.82. The van der Waals surface area contributed by atoms with Gasteiger partial charge in [0, 0.05) is 37.5 Å². The van der Waals surface area contributed by atoms with E-state index in [9.17, 15) is 0 Å². The lowest BCUT2D eigenvalue weighted by atomic mass is 10.2. The highest BCUT2D eigenvalue weighted by molar-refractivity contribution is 7.18. The zero-order valence-corrected chi connectivity index (χ0v) is 15.0. The molecule has 1 fully saturated rings. The smallest absolute Gasteiger partial charge is 0.141 e. The molecular weight excluding hydrogens is 292 g/mol. The van der Waals surface area contributed by atoms with E-state index >= 15 is 0 Å². The zero-order chi connectivity index (χ0) is 15.7. The lowest BCUT2D eigenvalue weighted by Gasteiger charge is -2.35. The fourth-order valence-corrected chi connectivity index (χ4v) is 4.20. The molecule has 0 aliphatic carbocycles. The minimum absolute atomic E-state index is 0.898. The summed E-state index contributed by atoms with van der Waals surface area (Å²) in [4.78, 5) is 17.2. The molecule has 0 spiro atoms. The van der Waals surface area contributed by atoms with Crippen LogP contribution in [-0.4, -0.2) is 47.6 Å². The standard InChI is InChI=1S/C17H26N4S/c1-5-7-20-8-10-21(11-9-20)16-15-12(3)13(4)22-17(15)19-14(6-2)18-16/h5-11H2,1-4H3. The summed E-state index contributed by atoms with van der Waals surface area (Å²) < 4.78 is 0. The van der Waals surface area contributed by atoms with Gasteiger partial charge < -0.3 is 4.90 Å². The molecule has 3 rings (SSSR count). The Kier molecular flexibility index (Phi) is 4.64. The molecule has 0 atom stereocenters. The van der Waals surface area contributed by atoms with Crippen molar-refractivity contribution in [1.82, 2.24) is 14.9 Å². The van der Waals surface area contributed by atoms with Crippen molar-refractivity contribution in [3.8, 4) is 0 Å². The van der Waals surface area contributed by atoms with E-state index in [0.29, 0.717) is 0 Å². The van der Waals surface area contributed by atoms with Gasteiger partial charge in [-0.2, -0.15) is 0 Å². The molecule has 0 radical (unpaired) electrons. The summed E-state index contributed by atoms with van der Waals surface area (Å²) in [6.45, 7) is 14.4. The molecule has 1 aliphatic rings. The first-order chi connectivity index (χ1) is 10.6. The molecule has 2 aromatic rings. The molecule has 1 aliphatic heterocycles. The van der Waals surface area contributed by atoms with E-state index in [0.717, 1.165) is 43.3 Å². The Bertz CT molecular complexity index is 656. The van der Waals surface area contributed by atoms with E-state index in [1.54, 1.807) is 11.3 Å². The molecule has 120 valence electrons. The molecule has 0 bridgehead atoms. The number of thiophene rings is 1. The molecule has 1 saturated heterocycles. The van der Waals surface area contributed by atoms with Crippen molar-refractivity contribution in [2.45, 2.75) is 40.5 Å². The molecule has 2 aromatic heterocycles. The molecule has 0 unspecified atom stereocenters. The van der Waals surface area contributed by atoms with Gasteiger partial charge in [0.25, 0.3) is 0 Å². The van der Waals surface area contributed by atoms with Gasteiger partial charge in [-0.05, 0) is 32.4 Å². The number of fused-ring (bicyclic) bond motifs is 1. The SMILES string of the molecule is CCCN1CCN(c2nc(CC)nc3sc(C)c(C)c23)CC1. The number of nitrogens with zero attached hydrogens (tertiary/aromatic N) is 4. The van der Waals surface area contributed by atoms with Gasteiger partial charge in [-0.15, -0.1) is 11.3 Å². The minimum atomic E-state index is 0.898. The predicted molar refractivity (Wildman–Crippen MR) is 95.2 cm³/mol. The van der Waals surface area contributed by atoms with Gasteiger partial charge in [0.15, 0.2) is 0 Å². The number of aryl methyl sites for hydroxylation is 3. The van der Waals surface area contributed by atoms with Crippen LogP contribution in [-0.2, 0) is 6.42 Å². The Morgan fingerprint density at radius 1 is 1.05 bits per heavy atom. The summed E-state index contributed by atoms with van der Waals surface area (Å²) in [5.41, 5.74) is 1.36. The van der Waals surface area contributed by atoms with Gasteiger partial charge in [0.05, 0.1) is 5.39 Å². The third-order valence-corrected chi connectivity index (χ3v) is 5.68. The first kappa shape index (κ1) is 15.7. The fourth-order valence-electron chi connectivity index (χ4n) is 3.16. The third kappa shape index (κ3) is 2.84. The van der Waals surface area contributed by atoms with Gasteiger partial charge >= 0.3 is 0 Å². The number of piperazine rings is 1. The largest absolute Gasteiger partial charge is 0.353 e. The molecule has 0 N–H and O–H groups in total. The molecule has 0 aromatic carbocycles. The number of rotatable bonds is 4. The van der Waals surface area contributed by atoms with Gasteiger partial charge in [-0.25, -0.2) is 9.97 Å². The van der Waals surface area contributed by atoms with Crippen molar-refractivity contribution in [3.63, 3.8) is 0 Å². The molecule has 5 heteroatoms. The highest BCUT2D eigenvalue weighted by Crippen LogP contribution is 2.35. The number of hydrogen-bond acceptors (Lipinski definition) is 5. The summed E-state index contributed by atoms with van der Waals surface area (Å²) >= 11 is 1.81. The van der Waals surface area contributed by atoms with Crippen LogP contribution in [0.15, 0.2) is 0 Å². The Balaban J connectivity index is 1.96. The molecule has 0 amide bonds. The van der Waals surface area contributed by atoms with E-state index in [-0.39, 0.29) is 0 Å². The van der Waals surface area contributed by atoms with E-state index < -0.39 is 0 Å². The van der Waals surface area contributed by atoms with Gasteiger partial charge in [-0.1, -0.05) is 13.8 Å². The number of aromatic nitrogens is 2. The minimum Gasteiger partial charge on any atom is -0.353 e. The van der Waals surface area contributed by atoms with Crippen LogP contribution in [0.1, 0.15) is 36.5 Å². The maximum atomic E-state index is 4.89. The van der Waals surface area contributed by atoms with Gasteiger partial charge in [-0.3, -0.25) is 4.90 Å². The van der Waals surface area contributed by atoms with Crippen LogP contribution in [0.4, 0.5) is 5.82 Å². The first-order valence-corrected chi connectivity index (χ1v) is 9.19. The van der Waals surface area contributed by atoms with E-state index in [1.807, 2.05) is 0 Å². The van der Waals surface area contributed by atoms with Crippen LogP contribution in [0.5, 0.6) is 0 Å². The number of hydrogen-bond donors (Lipinski definition) is 0. The second-order valence-electron chi connectivity index (χ2n) is 6.11. The van der Waals surface area contributed by atoms with E-state index in [4.69, 9.17) is 9.97 Å². The van der Waals surface area contributed by atoms with Crippen LogP contribution < -0.4 is 4.90 Å². The van der Waals surface area contributed by atoms with Crippen molar-refractivity contribution in [3.05, 3.63) is 16.3 Å². The molecular formula is C17H26N4S. The van der Waals surface area contributed by atoms with Gasteiger partial charge in [0.1, 0.15) is 16.5 Å². The van der Waals surface area contributed by atoms with Crippen LogP contribution in [0.2, 0.25) is 0 Å². The van der Waals surface area contributed by atoms with Crippen molar-refractivity contribution in [2.24, 2.45) is 0 Å². The van der Waals surface area contributed by atoms with Crippen molar-refractivity contribution in [1.29, 1.82) is 0 Å². The normalized spacial score (nSPS) is 16.6. The lowest BCUT2D eigenvalue weighted by molar-refractivity contribution is 0.258. The second kappa shape index (κ2) is 6.50. The number of anilines is 1. The van der Waals surface area contributed by atoms with E-state index in [2.05, 4.69) is 37.5 Å². The summed E-state index contributed by atoms with van der Waals surface area (Å²) in [6.07, 6.45) is 2.13. The average molecular weight is 318 g/mol. The Labute approximate surface area is 137 Å². The fraction of sp³-hybridized carbons (Fsp3) is 0.647. The highest BCUT2D eigenvalue weighted by atomic mass is 32.1. The van der Waals surface area contributed by atoms with Crippen LogP contribution in [0.3, 0.4) is 0 Å². The zero-order valence-electron chi connectivity index (χ0n) is 14.1. The summed E-state index contributed by atoms with van der Waals surface area (Å²) in [5.74, 6) is 2.14. The molecule has 0 saturated carbocycles. The highest BCUT2D eigenvalue weighted by Gasteiger charge is 2.22. The Hall–Kier alpha value is -1.20. The monoisotopic (exact) mass is 318 g/mol.